The van der Waals surface area contributed by atoms with Crippen molar-refractivity contribution in [3.8, 4) is 11.4 Å². The van der Waals surface area contributed by atoms with Gasteiger partial charge in [0.1, 0.15) is 11.3 Å². The lowest BCUT2D eigenvalue weighted by atomic mass is 10.2. The number of hydrogen-bond acceptors (Lipinski definition) is 5. The number of hydrazone groups is 1. The summed E-state index contributed by atoms with van der Waals surface area (Å²) in [6.07, 6.45) is 1.66. The number of furan rings is 1. The van der Waals surface area contributed by atoms with Crippen LogP contribution in [0, 0.1) is 13.8 Å². The molecule has 1 amide bonds. The highest BCUT2D eigenvalue weighted by molar-refractivity contribution is 5.97. The van der Waals surface area contributed by atoms with Gasteiger partial charge in [-0.15, -0.1) is 0 Å². The number of hydrogen-bond donors (Lipinski definition) is 1. The van der Waals surface area contributed by atoms with E-state index < -0.39 is 5.91 Å². The lowest BCUT2D eigenvalue weighted by Gasteiger charge is -2.21. The van der Waals surface area contributed by atoms with Crippen LogP contribution in [0.25, 0.3) is 16.7 Å². The predicted octanol–water partition coefficient (Wildman–Crippen LogP) is 5.85. The Morgan fingerprint density at radius 2 is 1.80 bits per heavy atom. The quantitative estimate of drug-likeness (QED) is 0.245. The highest BCUT2D eigenvalue weighted by Gasteiger charge is 2.13. The summed E-state index contributed by atoms with van der Waals surface area (Å²) in [4.78, 5) is 14.9. The third-order valence-corrected chi connectivity index (χ3v) is 6.10. The molecule has 35 heavy (non-hydrogen) atoms. The van der Waals surface area contributed by atoms with Gasteiger partial charge in [0.15, 0.2) is 5.76 Å². The number of carbonyl (C=O) groups is 1. The van der Waals surface area contributed by atoms with E-state index in [1.807, 2.05) is 26.0 Å². The molecule has 4 aromatic rings. The Balaban J connectivity index is 1.48. The molecular formula is C28H32N4O3. The Bertz CT molecular complexity index is 1340. The van der Waals surface area contributed by atoms with Crippen molar-refractivity contribution in [1.82, 2.24) is 9.99 Å². The smallest absolute Gasteiger partial charge is 0.307 e. The summed E-state index contributed by atoms with van der Waals surface area (Å²) in [6, 6.07) is 17.8. The monoisotopic (exact) mass is 472 g/mol. The second-order valence-electron chi connectivity index (χ2n) is 8.29. The zero-order valence-corrected chi connectivity index (χ0v) is 21.0. The van der Waals surface area contributed by atoms with Crippen LogP contribution in [0.5, 0.6) is 5.75 Å². The maximum absolute atomic E-state index is 12.6. The van der Waals surface area contributed by atoms with E-state index in [-0.39, 0.29) is 5.76 Å². The van der Waals surface area contributed by atoms with Gasteiger partial charge in [-0.25, -0.2) is 5.43 Å². The van der Waals surface area contributed by atoms with Crippen LogP contribution < -0.4 is 15.1 Å². The first-order chi connectivity index (χ1) is 16.9. The second-order valence-corrected chi connectivity index (χ2v) is 8.29. The van der Waals surface area contributed by atoms with Crippen LogP contribution >= 0.6 is 0 Å². The summed E-state index contributed by atoms with van der Waals surface area (Å²) in [5.74, 6) is 0.532. The SMILES string of the molecule is CCOc1ccc2oc(C(=O)N/N=C/c3cc(C)n(-c4ccc(N(CC)CC)cc4)c3C)cc2c1. The number of aromatic nitrogens is 1. The highest BCUT2D eigenvalue weighted by Crippen LogP contribution is 2.25. The molecule has 0 aliphatic rings. The first-order valence-electron chi connectivity index (χ1n) is 12.0. The van der Waals surface area contributed by atoms with Gasteiger partial charge in [-0.1, -0.05) is 0 Å². The standard InChI is InChI=1S/C28H32N4O3/c1-6-31(7-2)23-9-11-24(12-10-23)32-19(4)15-22(20(32)5)18-29-30-28(33)27-17-21-16-25(34-8-3)13-14-26(21)35-27/h9-18H,6-8H2,1-5H3,(H,30,33)/b29-18+. The maximum atomic E-state index is 12.6. The number of rotatable bonds is 9. The van der Waals surface area contributed by atoms with Gasteiger partial charge in [0, 0.05) is 46.8 Å². The summed E-state index contributed by atoms with van der Waals surface area (Å²) >= 11 is 0. The molecule has 182 valence electrons. The Morgan fingerprint density at radius 3 is 2.49 bits per heavy atom. The second kappa shape index (κ2) is 10.5. The van der Waals surface area contributed by atoms with E-state index in [0.717, 1.165) is 46.9 Å². The largest absolute Gasteiger partial charge is 0.494 e. The minimum absolute atomic E-state index is 0.199. The summed E-state index contributed by atoms with van der Waals surface area (Å²) in [7, 11) is 0. The van der Waals surface area contributed by atoms with Crippen molar-refractivity contribution >= 4 is 28.8 Å². The van der Waals surface area contributed by atoms with Crippen molar-refractivity contribution in [3.63, 3.8) is 0 Å². The van der Waals surface area contributed by atoms with Crippen LogP contribution in [-0.4, -0.2) is 36.4 Å². The van der Waals surface area contributed by atoms with Crippen LogP contribution in [-0.2, 0) is 0 Å². The summed E-state index contributed by atoms with van der Waals surface area (Å²) in [6.45, 7) is 12.9. The normalized spacial score (nSPS) is 11.3. The van der Waals surface area contributed by atoms with E-state index in [0.29, 0.717) is 12.2 Å². The fourth-order valence-electron chi connectivity index (χ4n) is 4.32. The van der Waals surface area contributed by atoms with Gasteiger partial charge in [-0.05, 0) is 89.2 Å². The van der Waals surface area contributed by atoms with Crippen molar-refractivity contribution < 1.29 is 13.9 Å². The molecule has 0 saturated carbocycles. The Morgan fingerprint density at radius 1 is 1.06 bits per heavy atom. The molecule has 2 aromatic heterocycles. The Hall–Kier alpha value is -4.00. The Kier molecular flexibility index (Phi) is 7.25. The van der Waals surface area contributed by atoms with Crippen LogP contribution in [0.1, 0.15) is 48.3 Å². The van der Waals surface area contributed by atoms with Crippen LogP contribution in [0.15, 0.2) is 64.1 Å². The predicted molar refractivity (Wildman–Crippen MR) is 141 cm³/mol. The van der Waals surface area contributed by atoms with E-state index in [9.17, 15) is 4.79 Å². The van der Waals surface area contributed by atoms with Crippen molar-refractivity contribution in [2.75, 3.05) is 24.6 Å². The zero-order valence-electron chi connectivity index (χ0n) is 21.0. The number of ether oxygens (including phenoxy) is 1. The van der Waals surface area contributed by atoms with Crippen LogP contribution in [0.3, 0.4) is 0 Å². The number of aryl methyl sites for hydroxylation is 1. The average Bonchev–Trinajstić information content (AvgIpc) is 3.40. The molecule has 0 aliphatic carbocycles. The van der Waals surface area contributed by atoms with Gasteiger partial charge in [0.25, 0.3) is 0 Å². The molecule has 0 unspecified atom stereocenters. The van der Waals surface area contributed by atoms with Gasteiger partial charge in [0.2, 0.25) is 0 Å². The van der Waals surface area contributed by atoms with E-state index >= 15 is 0 Å². The zero-order chi connectivity index (χ0) is 24.9. The molecule has 2 aromatic carbocycles. The van der Waals surface area contributed by atoms with E-state index in [2.05, 4.69) is 71.1 Å². The minimum atomic E-state index is -0.406. The van der Waals surface area contributed by atoms with Gasteiger partial charge >= 0.3 is 5.91 Å². The molecule has 1 N–H and O–H groups in total. The van der Waals surface area contributed by atoms with Crippen LogP contribution in [0.2, 0.25) is 0 Å². The fourth-order valence-corrected chi connectivity index (χ4v) is 4.32. The van der Waals surface area contributed by atoms with Crippen molar-refractivity contribution in [1.29, 1.82) is 0 Å². The molecule has 0 spiro atoms. The molecule has 0 atom stereocenters. The number of benzene rings is 2. The number of nitrogens with zero attached hydrogens (tertiary/aromatic N) is 3. The maximum Gasteiger partial charge on any atom is 0.307 e. The summed E-state index contributed by atoms with van der Waals surface area (Å²) < 4.78 is 13.4. The molecule has 0 bridgehead atoms. The lowest BCUT2D eigenvalue weighted by molar-refractivity contribution is 0.0929. The molecule has 2 heterocycles. The third kappa shape index (κ3) is 5.09. The average molecular weight is 473 g/mol. The van der Waals surface area contributed by atoms with Gasteiger partial charge in [-0.3, -0.25) is 4.79 Å². The van der Waals surface area contributed by atoms with Crippen molar-refractivity contribution in [2.24, 2.45) is 5.10 Å². The van der Waals surface area contributed by atoms with E-state index in [1.54, 1.807) is 18.3 Å². The van der Waals surface area contributed by atoms with Gasteiger partial charge in [0.05, 0.1) is 12.8 Å². The van der Waals surface area contributed by atoms with Crippen molar-refractivity contribution in [3.05, 3.63) is 77.3 Å². The molecule has 0 saturated heterocycles. The first kappa shape index (κ1) is 24.1. The number of carbonyl (C=O) groups excluding carboxylic acids is 1. The number of nitrogens with one attached hydrogen (secondary N) is 1. The first-order valence-corrected chi connectivity index (χ1v) is 12.0. The van der Waals surface area contributed by atoms with E-state index in [1.165, 1.54) is 5.69 Å². The van der Waals surface area contributed by atoms with Gasteiger partial charge in [-0.2, -0.15) is 5.10 Å². The molecule has 4 rings (SSSR count). The number of amides is 1. The molecular weight excluding hydrogens is 440 g/mol. The fraction of sp³-hybridized carbons (Fsp3) is 0.286. The molecule has 0 fully saturated rings. The minimum Gasteiger partial charge on any atom is -0.494 e. The summed E-state index contributed by atoms with van der Waals surface area (Å²) in [5.41, 5.74) is 8.56. The number of anilines is 1. The lowest BCUT2D eigenvalue weighted by Crippen LogP contribution is -2.21. The molecule has 0 aliphatic heterocycles. The highest BCUT2D eigenvalue weighted by atomic mass is 16.5. The summed E-state index contributed by atoms with van der Waals surface area (Å²) in [5, 5.41) is 4.98. The van der Waals surface area contributed by atoms with Crippen LogP contribution in [0.4, 0.5) is 5.69 Å². The van der Waals surface area contributed by atoms with E-state index in [4.69, 9.17) is 9.15 Å². The number of fused-ring (bicyclic) bond motifs is 1. The Labute approximate surface area is 206 Å². The molecule has 7 heteroatoms. The topological polar surface area (TPSA) is 72.0 Å². The molecule has 0 radical (unpaired) electrons. The third-order valence-electron chi connectivity index (χ3n) is 6.10. The van der Waals surface area contributed by atoms with Gasteiger partial charge < -0.3 is 18.6 Å². The van der Waals surface area contributed by atoms with Crippen molar-refractivity contribution in [2.45, 2.75) is 34.6 Å². The molecule has 7 nitrogen and oxygen atoms in total.